The van der Waals surface area contributed by atoms with Gasteiger partial charge in [0.2, 0.25) is 5.01 Å². The summed E-state index contributed by atoms with van der Waals surface area (Å²) in [6.07, 6.45) is 2.15. The normalized spacial score (nSPS) is 10.5. The van der Waals surface area contributed by atoms with E-state index >= 15 is 0 Å². The number of aromatic nitrogens is 3. The summed E-state index contributed by atoms with van der Waals surface area (Å²) in [6, 6.07) is 17.1. The van der Waals surface area contributed by atoms with Gasteiger partial charge in [-0.25, -0.2) is 0 Å². The second-order valence-electron chi connectivity index (χ2n) is 5.76. The quantitative estimate of drug-likeness (QED) is 0.647. The van der Waals surface area contributed by atoms with Crippen LogP contribution < -0.4 is 5.32 Å². The molecule has 3 rings (SSSR count). The fourth-order valence-electron chi connectivity index (χ4n) is 2.45. The molecule has 2 heterocycles. The van der Waals surface area contributed by atoms with E-state index in [0.717, 1.165) is 10.7 Å². The molecular formula is C19H18N6OS. The van der Waals surface area contributed by atoms with Crippen molar-refractivity contribution in [3.05, 3.63) is 70.4 Å². The Morgan fingerprint density at radius 1 is 1.11 bits per heavy atom. The molecular weight excluding hydrogens is 360 g/mol. The van der Waals surface area contributed by atoms with Gasteiger partial charge in [-0.2, -0.15) is 5.26 Å². The van der Waals surface area contributed by atoms with Crippen molar-refractivity contribution in [2.24, 2.45) is 0 Å². The van der Waals surface area contributed by atoms with Crippen LogP contribution in [0, 0.1) is 11.3 Å². The first kappa shape index (κ1) is 18.6. The number of benzene rings is 1. The Morgan fingerprint density at radius 2 is 1.93 bits per heavy atom. The van der Waals surface area contributed by atoms with Crippen molar-refractivity contribution in [1.82, 2.24) is 20.1 Å². The molecule has 0 unspecified atom stereocenters. The largest absolute Gasteiger partial charge is 0.320 e. The second-order valence-corrected chi connectivity index (χ2v) is 6.82. The first-order chi connectivity index (χ1) is 13.2. The molecule has 0 spiro atoms. The van der Waals surface area contributed by atoms with Crippen LogP contribution in [-0.2, 0) is 13.1 Å². The van der Waals surface area contributed by atoms with Gasteiger partial charge in [0.15, 0.2) is 0 Å². The second kappa shape index (κ2) is 9.52. The number of pyridine rings is 1. The van der Waals surface area contributed by atoms with Gasteiger partial charge in [0.1, 0.15) is 5.01 Å². The van der Waals surface area contributed by atoms with E-state index in [2.05, 4.69) is 31.5 Å². The third kappa shape index (κ3) is 5.67. The van der Waals surface area contributed by atoms with Gasteiger partial charge in [0.05, 0.1) is 18.3 Å². The third-order valence-corrected chi connectivity index (χ3v) is 4.61. The Morgan fingerprint density at radius 3 is 2.67 bits per heavy atom. The van der Waals surface area contributed by atoms with Gasteiger partial charge < -0.3 is 5.32 Å². The Labute approximate surface area is 161 Å². The summed E-state index contributed by atoms with van der Waals surface area (Å²) in [7, 11) is 0. The number of hydrogen-bond acceptors (Lipinski definition) is 7. The van der Waals surface area contributed by atoms with E-state index in [-0.39, 0.29) is 5.91 Å². The smallest absolute Gasteiger partial charge is 0.286 e. The number of nitrogens with zero attached hydrogens (tertiary/aromatic N) is 5. The van der Waals surface area contributed by atoms with E-state index in [9.17, 15) is 4.79 Å². The molecule has 0 aliphatic carbocycles. The molecule has 3 aromatic rings. The van der Waals surface area contributed by atoms with Crippen LogP contribution >= 0.6 is 11.3 Å². The number of anilines is 1. The molecule has 27 heavy (non-hydrogen) atoms. The molecule has 0 aliphatic rings. The van der Waals surface area contributed by atoms with Crippen LogP contribution in [0.4, 0.5) is 5.69 Å². The maximum atomic E-state index is 12.3. The van der Waals surface area contributed by atoms with Crippen LogP contribution in [0.15, 0.2) is 54.7 Å². The summed E-state index contributed by atoms with van der Waals surface area (Å²) in [5.41, 5.74) is 1.63. The summed E-state index contributed by atoms with van der Waals surface area (Å²) in [5.74, 6) is -0.279. The monoisotopic (exact) mass is 378 g/mol. The minimum absolute atomic E-state index is 0.279. The molecule has 1 amide bonds. The molecule has 1 N–H and O–H groups in total. The molecule has 0 bridgehead atoms. The number of rotatable bonds is 8. The maximum absolute atomic E-state index is 12.3. The van der Waals surface area contributed by atoms with Crippen molar-refractivity contribution >= 4 is 22.9 Å². The lowest BCUT2D eigenvalue weighted by atomic mass is 10.3. The summed E-state index contributed by atoms with van der Waals surface area (Å²) >= 11 is 1.25. The number of carbonyl (C=O) groups is 1. The van der Waals surface area contributed by atoms with Crippen LogP contribution in [0.5, 0.6) is 0 Å². The van der Waals surface area contributed by atoms with Crippen LogP contribution in [0.2, 0.25) is 0 Å². The minimum Gasteiger partial charge on any atom is -0.320 e. The number of hydrogen-bond donors (Lipinski definition) is 1. The van der Waals surface area contributed by atoms with Gasteiger partial charge >= 0.3 is 0 Å². The predicted octanol–water partition coefficient (Wildman–Crippen LogP) is 3.10. The van der Waals surface area contributed by atoms with E-state index in [4.69, 9.17) is 5.26 Å². The van der Waals surface area contributed by atoms with E-state index in [1.165, 1.54) is 11.3 Å². The van der Waals surface area contributed by atoms with Gasteiger partial charge in [-0.3, -0.25) is 14.7 Å². The van der Waals surface area contributed by atoms with Crippen LogP contribution in [-0.4, -0.2) is 32.5 Å². The zero-order chi connectivity index (χ0) is 18.9. The summed E-state index contributed by atoms with van der Waals surface area (Å²) in [5, 5.41) is 20.9. The lowest BCUT2D eigenvalue weighted by Gasteiger charge is -2.18. The Bertz CT molecular complexity index is 907. The fraction of sp³-hybridized carbons (Fsp3) is 0.211. The molecule has 0 aliphatic heterocycles. The standard InChI is InChI=1S/C19H18N6OS/c20-10-6-12-25(13-16-9-4-5-11-21-16)14-17-23-24-19(27-17)18(26)22-15-7-2-1-3-8-15/h1-5,7-9,11H,6,12-14H2,(H,22,26). The Kier molecular flexibility index (Phi) is 6.57. The zero-order valence-electron chi connectivity index (χ0n) is 14.6. The number of amides is 1. The fourth-order valence-corrected chi connectivity index (χ4v) is 3.23. The lowest BCUT2D eigenvalue weighted by molar-refractivity contribution is 0.102. The van der Waals surface area contributed by atoms with Gasteiger partial charge in [-0.15, -0.1) is 10.2 Å². The van der Waals surface area contributed by atoms with Crippen molar-refractivity contribution in [2.75, 3.05) is 11.9 Å². The van der Waals surface area contributed by atoms with Crippen molar-refractivity contribution in [3.63, 3.8) is 0 Å². The molecule has 136 valence electrons. The Balaban J connectivity index is 1.64. The average Bonchev–Trinajstić information content (AvgIpc) is 3.16. The molecule has 0 saturated heterocycles. The third-order valence-electron chi connectivity index (χ3n) is 3.70. The van der Waals surface area contributed by atoms with Crippen molar-refractivity contribution in [1.29, 1.82) is 5.26 Å². The first-order valence-electron chi connectivity index (χ1n) is 8.42. The van der Waals surface area contributed by atoms with E-state index in [0.29, 0.717) is 36.8 Å². The average molecular weight is 378 g/mol. The number of nitriles is 1. The maximum Gasteiger partial charge on any atom is 0.286 e. The lowest BCUT2D eigenvalue weighted by Crippen LogP contribution is -2.24. The van der Waals surface area contributed by atoms with Crippen LogP contribution in [0.1, 0.15) is 26.9 Å². The predicted molar refractivity (Wildman–Crippen MR) is 103 cm³/mol. The zero-order valence-corrected chi connectivity index (χ0v) is 15.4. The highest BCUT2D eigenvalue weighted by molar-refractivity contribution is 7.13. The molecule has 0 fully saturated rings. The van der Waals surface area contributed by atoms with Crippen LogP contribution in [0.25, 0.3) is 0 Å². The number of nitrogens with one attached hydrogen (secondary N) is 1. The highest BCUT2D eigenvalue weighted by Gasteiger charge is 2.16. The summed E-state index contributed by atoms with van der Waals surface area (Å²) in [4.78, 5) is 18.7. The van der Waals surface area contributed by atoms with Crippen molar-refractivity contribution in [2.45, 2.75) is 19.5 Å². The topological polar surface area (TPSA) is 94.8 Å². The first-order valence-corrected chi connectivity index (χ1v) is 9.24. The molecule has 0 atom stereocenters. The molecule has 0 radical (unpaired) electrons. The Hall–Kier alpha value is -3.15. The minimum atomic E-state index is -0.279. The molecule has 0 saturated carbocycles. The number of para-hydroxylation sites is 1. The molecule has 2 aromatic heterocycles. The van der Waals surface area contributed by atoms with E-state index in [1.807, 2.05) is 48.5 Å². The van der Waals surface area contributed by atoms with Gasteiger partial charge in [-0.1, -0.05) is 35.6 Å². The summed E-state index contributed by atoms with van der Waals surface area (Å²) < 4.78 is 0. The summed E-state index contributed by atoms with van der Waals surface area (Å²) in [6.45, 7) is 1.71. The van der Waals surface area contributed by atoms with Gasteiger partial charge in [0, 0.05) is 31.4 Å². The van der Waals surface area contributed by atoms with Crippen molar-refractivity contribution in [3.8, 4) is 6.07 Å². The SMILES string of the molecule is N#CCCN(Cc1ccccn1)Cc1nnc(C(=O)Nc2ccccc2)s1. The van der Waals surface area contributed by atoms with E-state index in [1.54, 1.807) is 6.20 Å². The van der Waals surface area contributed by atoms with Crippen LogP contribution in [0.3, 0.4) is 0 Å². The molecule has 8 heteroatoms. The van der Waals surface area contributed by atoms with Gasteiger partial charge in [-0.05, 0) is 24.3 Å². The molecule has 1 aromatic carbocycles. The number of carbonyl (C=O) groups excluding carboxylic acids is 1. The highest BCUT2D eigenvalue weighted by atomic mass is 32.1. The van der Waals surface area contributed by atoms with Gasteiger partial charge in [0.25, 0.3) is 5.91 Å². The van der Waals surface area contributed by atoms with Crippen molar-refractivity contribution < 1.29 is 4.79 Å². The molecule has 7 nitrogen and oxygen atoms in total. The van der Waals surface area contributed by atoms with E-state index < -0.39 is 0 Å². The highest BCUT2D eigenvalue weighted by Crippen LogP contribution is 2.16.